The molecule has 8 heteroatoms. The van der Waals surface area contributed by atoms with Gasteiger partial charge in [-0.15, -0.1) is 0 Å². The summed E-state index contributed by atoms with van der Waals surface area (Å²) < 4.78 is 0. The van der Waals surface area contributed by atoms with Crippen molar-refractivity contribution in [3.63, 3.8) is 0 Å². The Labute approximate surface area is 183 Å². The first-order valence-corrected chi connectivity index (χ1v) is 11.7. The van der Waals surface area contributed by atoms with E-state index in [1.165, 1.54) is 4.90 Å². The fourth-order valence-corrected chi connectivity index (χ4v) is 8.20. The second-order valence-electron chi connectivity index (χ2n) is 12.2. The molecule has 1 saturated heterocycles. The molecule has 6 aliphatic rings. The minimum Gasteiger partial charge on any atom is -0.465 e. The van der Waals surface area contributed by atoms with E-state index >= 15 is 0 Å². The third-order valence-corrected chi connectivity index (χ3v) is 8.76. The van der Waals surface area contributed by atoms with Crippen LogP contribution in [-0.2, 0) is 9.59 Å². The van der Waals surface area contributed by atoms with Crippen LogP contribution < -0.4 is 5.73 Å². The van der Waals surface area contributed by atoms with Gasteiger partial charge in [-0.3, -0.25) is 14.5 Å². The molecule has 1 aliphatic heterocycles. The van der Waals surface area contributed by atoms with Gasteiger partial charge in [0.25, 0.3) is 0 Å². The van der Waals surface area contributed by atoms with Gasteiger partial charge in [0.2, 0.25) is 11.8 Å². The summed E-state index contributed by atoms with van der Waals surface area (Å²) in [5.74, 6) is 0.126. The predicted molar refractivity (Wildman–Crippen MR) is 112 cm³/mol. The number of carboxylic acid groups (broad SMARTS) is 1. The number of carbonyl (C=O) groups is 3. The van der Waals surface area contributed by atoms with Crippen LogP contribution in [0, 0.1) is 23.2 Å². The van der Waals surface area contributed by atoms with E-state index in [1.807, 2.05) is 20.8 Å². The van der Waals surface area contributed by atoms with Crippen LogP contribution >= 0.6 is 0 Å². The van der Waals surface area contributed by atoms with Crippen molar-refractivity contribution >= 4 is 17.9 Å². The minimum atomic E-state index is -1.13. The van der Waals surface area contributed by atoms with Crippen molar-refractivity contribution in [1.82, 2.24) is 9.80 Å². The Balaban J connectivity index is 1.60. The van der Waals surface area contributed by atoms with E-state index in [1.54, 1.807) is 4.90 Å². The summed E-state index contributed by atoms with van der Waals surface area (Å²) in [6.07, 6.45) is 4.79. The third-order valence-electron chi connectivity index (χ3n) is 8.76. The van der Waals surface area contributed by atoms with Crippen LogP contribution in [0.5, 0.6) is 0 Å². The van der Waals surface area contributed by atoms with Crippen LogP contribution in [0.1, 0.15) is 72.1 Å². The van der Waals surface area contributed by atoms with E-state index in [4.69, 9.17) is 5.73 Å². The zero-order valence-corrected chi connectivity index (χ0v) is 18.7. The first-order valence-electron chi connectivity index (χ1n) is 11.7. The van der Waals surface area contributed by atoms with E-state index in [9.17, 15) is 24.6 Å². The number of likely N-dealkylation sites (tertiary alicyclic amines) is 1. The average molecular weight is 434 g/mol. The number of piperidine rings is 1. The van der Waals surface area contributed by atoms with Crippen molar-refractivity contribution in [2.24, 2.45) is 28.9 Å². The van der Waals surface area contributed by atoms with E-state index in [2.05, 4.69) is 0 Å². The molecule has 0 spiro atoms. The first kappa shape index (κ1) is 21.0. The zero-order valence-electron chi connectivity index (χ0n) is 18.7. The van der Waals surface area contributed by atoms with E-state index in [0.717, 1.165) is 38.5 Å². The molecule has 0 unspecified atom stereocenters. The molecule has 4 N–H and O–H groups in total. The zero-order chi connectivity index (χ0) is 22.5. The number of rotatable bonds is 4. The topological polar surface area (TPSA) is 124 Å². The molecule has 31 heavy (non-hydrogen) atoms. The van der Waals surface area contributed by atoms with E-state index < -0.39 is 40.6 Å². The summed E-state index contributed by atoms with van der Waals surface area (Å²) in [6.45, 7) is 5.43. The maximum atomic E-state index is 14.2. The number of hydrogen-bond donors (Lipinski definition) is 3. The smallest absolute Gasteiger partial charge is 0.408 e. The maximum absolute atomic E-state index is 14.2. The van der Waals surface area contributed by atoms with E-state index in [0.29, 0.717) is 24.7 Å². The lowest BCUT2D eigenvalue weighted by Crippen LogP contribution is -2.70. The van der Waals surface area contributed by atoms with Crippen molar-refractivity contribution in [2.75, 3.05) is 0 Å². The summed E-state index contributed by atoms with van der Waals surface area (Å²) in [6, 6.07) is -1.59. The average Bonchev–Trinajstić information content (AvgIpc) is 3.25. The van der Waals surface area contributed by atoms with Gasteiger partial charge in [0.15, 0.2) is 0 Å². The molecule has 6 atom stereocenters. The van der Waals surface area contributed by atoms with Gasteiger partial charge in [-0.25, -0.2) is 4.79 Å². The molecule has 0 aromatic heterocycles. The fraction of sp³-hybridized carbons (Fsp3) is 0.870. The number of nitrogens with two attached hydrogens (primary N) is 1. The molecule has 0 aromatic rings. The Kier molecular flexibility index (Phi) is 4.32. The summed E-state index contributed by atoms with van der Waals surface area (Å²) in [4.78, 5) is 41.9. The van der Waals surface area contributed by atoms with Gasteiger partial charge in [0.05, 0.1) is 5.60 Å². The Morgan fingerprint density at radius 1 is 1.06 bits per heavy atom. The van der Waals surface area contributed by atoms with Crippen LogP contribution in [0.2, 0.25) is 0 Å². The molecule has 3 amide bonds. The molecule has 0 radical (unpaired) electrons. The molecule has 5 aliphatic carbocycles. The molecule has 8 nitrogen and oxygen atoms in total. The van der Waals surface area contributed by atoms with Gasteiger partial charge in [-0.05, 0) is 89.9 Å². The van der Waals surface area contributed by atoms with Crippen LogP contribution in [0.25, 0.3) is 0 Å². The summed E-state index contributed by atoms with van der Waals surface area (Å²) >= 11 is 0. The van der Waals surface area contributed by atoms with Crippen molar-refractivity contribution in [3.8, 4) is 0 Å². The largest absolute Gasteiger partial charge is 0.465 e. The Bertz CT molecular complexity index is 822. The lowest BCUT2D eigenvalue weighted by Gasteiger charge is -2.64. The monoisotopic (exact) mass is 433 g/mol. The summed E-state index contributed by atoms with van der Waals surface area (Å²) in [5, 5.41) is 21.6. The standard InChI is InChI=1S/C23H35N3O5/c1-21(2,3)26(20(29)30)17(19(28)25-15-5-14(15)6-16(25)18(24)27)22-7-12-4-13(8-22)10-23(31,9-12)11-22/h12-17,31H,4-11H2,1-3H3,(H2,24,27)(H,29,30)/t12-,13-,14+,15+,16+,17-,22?,23?/m1/s1. The number of primary amides is 1. The number of aliphatic hydroxyl groups is 1. The molecule has 1 heterocycles. The second-order valence-corrected chi connectivity index (χ2v) is 12.2. The van der Waals surface area contributed by atoms with Crippen LogP contribution in [0.15, 0.2) is 0 Å². The quantitative estimate of drug-likeness (QED) is 0.625. The molecule has 0 aromatic carbocycles. The fourth-order valence-electron chi connectivity index (χ4n) is 8.20. The lowest BCUT2D eigenvalue weighted by molar-refractivity contribution is -0.195. The van der Waals surface area contributed by atoms with Gasteiger partial charge in [0.1, 0.15) is 12.1 Å². The molecule has 172 valence electrons. The van der Waals surface area contributed by atoms with Gasteiger partial charge >= 0.3 is 6.09 Å². The van der Waals surface area contributed by atoms with Gasteiger partial charge in [0, 0.05) is 17.0 Å². The van der Waals surface area contributed by atoms with Crippen molar-refractivity contribution < 1.29 is 24.6 Å². The molecule has 6 rings (SSSR count). The molecule has 4 bridgehead atoms. The van der Waals surface area contributed by atoms with Gasteiger partial charge in [-0.2, -0.15) is 0 Å². The Morgan fingerprint density at radius 3 is 2.16 bits per heavy atom. The number of fused-ring (bicyclic) bond motifs is 1. The van der Waals surface area contributed by atoms with Crippen LogP contribution in [0.3, 0.4) is 0 Å². The second kappa shape index (κ2) is 6.36. The first-order chi connectivity index (χ1) is 14.3. The number of carbonyl (C=O) groups excluding carboxylic acids is 2. The SMILES string of the molecule is CC(C)(C)N(C(=O)O)[C@H](C(=O)N1[C@H](C(N)=O)C[C@@H]2C[C@@H]21)C12C[C@H]3C[C@@H](CC(O)(C3)C1)C2. The summed E-state index contributed by atoms with van der Waals surface area (Å²) in [7, 11) is 0. The number of hydrogen-bond acceptors (Lipinski definition) is 4. The van der Waals surface area contributed by atoms with Crippen molar-refractivity contribution in [3.05, 3.63) is 0 Å². The third kappa shape index (κ3) is 3.16. The van der Waals surface area contributed by atoms with Crippen LogP contribution in [0.4, 0.5) is 4.79 Å². The predicted octanol–water partition coefficient (Wildman–Crippen LogP) is 1.94. The number of nitrogens with zero attached hydrogens (tertiary/aromatic N) is 2. The highest BCUT2D eigenvalue weighted by Crippen LogP contribution is 2.64. The molecular formula is C23H35N3O5. The number of amides is 3. The summed E-state index contributed by atoms with van der Waals surface area (Å²) in [5.41, 5.74) is 3.43. The highest BCUT2D eigenvalue weighted by Gasteiger charge is 2.66. The van der Waals surface area contributed by atoms with Gasteiger partial charge in [-0.1, -0.05) is 0 Å². The normalized spacial score (nSPS) is 43.5. The Morgan fingerprint density at radius 2 is 1.68 bits per heavy atom. The van der Waals surface area contributed by atoms with Crippen molar-refractivity contribution in [1.29, 1.82) is 0 Å². The molecule has 6 fully saturated rings. The highest BCUT2D eigenvalue weighted by atomic mass is 16.4. The van der Waals surface area contributed by atoms with Crippen molar-refractivity contribution in [2.45, 2.75) is 101 Å². The van der Waals surface area contributed by atoms with Crippen LogP contribution in [-0.4, -0.2) is 67.2 Å². The Hall–Kier alpha value is -1.83. The molecule has 5 saturated carbocycles. The highest BCUT2D eigenvalue weighted by molar-refractivity contribution is 5.93. The minimum absolute atomic E-state index is 0.0138. The van der Waals surface area contributed by atoms with E-state index in [-0.39, 0.29) is 17.9 Å². The molecular weight excluding hydrogens is 398 g/mol. The van der Waals surface area contributed by atoms with Gasteiger partial charge < -0.3 is 20.8 Å². The maximum Gasteiger partial charge on any atom is 0.408 e. The lowest BCUT2D eigenvalue weighted by atomic mass is 9.45.